The third kappa shape index (κ3) is 5.38. The summed E-state index contributed by atoms with van der Waals surface area (Å²) >= 11 is 0. The Bertz CT molecular complexity index is 1270. The van der Waals surface area contributed by atoms with E-state index in [-0.39, 0.29) is 31.3 Å². The largest absolute Gasteiger partial charge is 0.370 e. The smallest absolute Gasteiger partial charge is 0.251 e. The van der Waals surface area contributed by atoms with Crippen molar-refractivity contribution >= 4 is 28.2 Å². The number of benzene rings is 1. The van der Waals surface area contributed by atoms with Gasteiger partial charge in [0.25, 0.3) is 5.92 Å². The fraction of sp³-hybridized carbons (Fsp3) is 0.462. The molecule has 2 aromatic heterocycles. The molecule has 2 fully saturated rings. The monoisotopic (exact) mass is 514 g/mol. The normalized spacial score (nSPS) is 19.9. The first-order valence-electron chi connectivity index (χ1n) is 12.2. The second kappa shape index (κ2) is 9.46. The summed E-state index contributed by atoms with van der Waals surface area (Å²) in [7, 11) is -1.17. The van der Waals surface area contributed by atoms with Gasteiger partial charge < -0.3 is 19.5 Å². The summed E-state index contributed by atoms with van der Waals surface area (Å²) < 4.78 is 41.9. The van der Waals surface area contributed by atoms with E-state index in [9.17, 15) is 13.0 Å². The number of alkyl halides is 2. The lowest BCUT2D eigenvalue weighted by Gasteiger charge is -2.32. The highest BCUT2D eigenvalue weighted by molar-refractivity contribution is 7.85. The predicted octanol–water partition coefficient (Wildman–Crippen LogP) is 5.32. The molecule has 0 amide bonds. The van der Waals surface area contributed by atoms with Gasteiger partial charge in [-0.3, -0.25) is 0 Å². The molecule has 1 aromatic carbocycles. The molecule has 192 valence electrons. The molecule has 0 bridgehead atoms. The van der Waals surface area contributed by atoms with Crippen LogP contribution in [0.25, 0.3) is 22.8 Å². The zero-order valence-corrected chi connectivity index (χ0v) is 21.7. The number of aromatic amines is 1. The van der Waals surface area contributed by atoms with Gasteiger partial charge in [-0.1, -0.05) is 19.9 Å². The molecule has 7 nitrogen and oxygen atoms in total. The van der Waals surface area contributed by atoms with Crippen molar-refractivity contribution in [1.82, 2.24) is 15.0 Å². The van der Waals surface area contributed by atoms with Crippen molar-refractivity contribution in [3.05, 3.63) is 42.6 Å². The molecule has 0 saturated carbocycles. The highest BCUT2D eigenvalue weighted by atomic mass is 32.2. The van der Waals surface area contributed by atoms with Gasteiger partial charge in [-0.15, -0.1) is 0 Å². The number of nitrogens with one attached hydrogen (secondary N) is 2. The van der Waals surface area contributed by atoms with Crippen molar-refractivity contribution in [2.75, 3.05) is 47.0 Å². The van der Waals surface area contributed by atoms with Gasteiger partial charge in [-0.05, 0) is 42.2 Å². The Morgan fingerprint density at radius 2 is 1.81 bits per heavy atom. The third-order valence-electron chi connectivity index (χ3n) is 6.94. The Kier molecular flexibility index (Phi) is 6.48. The number of H-pyrrole nitrogens is 1. The zero-order chi connectivity index (χ0) is 25.5. The lowest BCUT2D eigenvalue weighted by Crippen LogP contribution is -2.39. The Morgan fingerprint density at radius 3 is 2.50 bits per heavy atom. The summed E-state index contributed by atoms with van der Waals surface area (Å²) in [5.74, 6) is -1.17. The van der Waals surface area contributed by atoms with Crippen molar-refractivity contribution < 1.29 is 13.0 Å². The maximum absolute atomic E-state index is 13.6. The average Bonchev–Trinajstić information content (AvgIpc) is 3.45. The second-order valence-corrected chi connectivity index (χ2v) is 11.6. The van der Waals surface area contributed by atoms with Crippen LogP contribution in [0.1, 0.15) is 33.1 Å². The van der Waals surface area contributed by atoms with E-state index in [0.717, 1.165) is 48.0 Å². The van der Waals surface area contributed by atoms with E-state index in [1.165, 1.54) is 0 Å². The summed E-state index contributed by atoms with van der Waals surface area (Å²) in [4.78, 5) is 17.1. The minimum absolute atomic E-state index is 0.153. The van der Waals surface area contributed by atoms with Crippen LogP contribution in [0.15, 0.2) is 42.6 Å². The van der Waals surface area contributed by atoms with Crippen molar-refractivity contribution in [2.24, 2.45) is 5.41 Å². The number of aromatic nitrogens is 3. The molecule has 3 aromatic rings. The zero-order valence-electron chi connectivity index (χ0n) is 20.9. The van der Waals surface area contributed by atoms with Gasteiger partial charge in [0.1, 0.15) is 22.6 Å². The van der Waals surface area contributed by atoms with Crippen molar-refractivity contribution in [2.45, 2.75) is 39.0 Å². The first kappa shape index (κ1) is 24.7. The first-order valence-corrected chi connectivity index (χ1v) is 13.8. The fourth-order valence-electron chi connectivity index (χ4n) is 4.94. The molecule has 4 heterocycles. The molecule has 0 aliphatic carbocycles. The van der Waals surface area contributed by atoms with Crippen LogP contribution in [-0.2, 0) is 11.0 Å². The van der Waals surface area contributed by atoms with Gasteiger partial charge in [-0.25, -0.2) is 23.0 Å². The molecule has 2 N–H and O–H groups in total. The number of hydrogen-bond acceptors (Lipinski definition) is 5. The Balaban J connectivity index is 1.44. The predicted molar refractivity (Wildman–Crippen MR) is 142 cm³/mol. The molecule has 1 atom stereocenters. The van der Waals surface area contributed by atoms with Gasteiger partial charge in [0, 0.05) is 62.2 Å². The van der Waals surface area contributed by atoms with Crippen molar-refractivity contribution in [3.63, 3.8) is 0 Å². The number of imidazole rings is 1. The van der Waals surface area contributed by atoms with E-state index >= 15 is 0 Å². The van der Waals surface area contributed by atoms with E-state index in [2.05, 4.69) is 33.4 Å². The van der Waals surface area contributed by atoms with Crippen molar-refractivity contribution in [3.8, 4) is 22.8 Å². The van der Waals surface area contributed by atoms with Crippen molar-refractivity contribution in [1.29, 1.82) is 0 Å². The van der Waals surface area contributed by atoms with Gasteiger partial charge >= 0.3 is 0 Å². The van der Waals surface area contributed by atoms with E-state index in [0.29, 0.717) is 11.5 Å². The lowest BCUT2D eigenvalue weighted by atomic mass is 9.93. The van der Waals surface area contributed by atoms with Gasteiger partial charge in [0.05, 0.1) is 17.6 Å². The highest BCUT2D eigenvalue weighted by Crippen LogP contribution is 2.39. The van der Waals surface area contributed by atoms with Crippen LogP contribution >= 0.6 is 0 Å². The quantitative estimate of drug-likeness (QED) is 0.466. The molecule has 2 aliphatic heterocycles. The van der Waals surface area contributed by atoms with E-state index in [4.69, 9.17) is 4.98 Å². The number of piperidine rings is 1. The number of anilines is 3. The van der Waals surface area contributed by atoms with Crippen LogP contribution < -0.4 is 14.5 Å². The van der Waals surface area contributed by atoms with Gasteiger partial charge in [0.15, 0.2) is 0 Å². The molecule has 10 heteroatoms. The number of rotatable bonds is 6. The Hall–Kier alpha value is -3.01. The molecule has 2 saturated heterocycles. The molecular formula is C26H32F2N6OS. The minimum atomic E-state index is -2.59. The maximum atomic E-state index is 13.6. The van der Waals surface area contributed by atoms with Crippen LogP contribution in [0.3, 0.4) is 0 Å². The fourth-order valence-corrected chi connectivity index (χ4v) is 5.40. The molecule has 36 heavy (non-hydrogen) atoms. The van der Waals surface area contributed by atoms with Gasteiger partial charge in [0.2, 0.25) is 0 Å². The first-order chi connectivity index (χ1) is 17.1. The molecule has 5 rings (SSSR count). The molecular weight excluding hydrogens is 482 g/mol. The summed E-state index contributed by atoms with van der Waals surface area (Å²) in [6.45, 7) is 6.97. The Morgan fingerprint density at radius 1 is 1.06 bits per heavy atom. The number of halogens is 2. The van der Waals surface area contributed by atoms with Crippen LogP contribution in [0.2, 0.25) is 0 Å². The summed E-state index contributed by atoms with van der Waals surface area (Å²) in [5.41, 5.74) is 4.48. The van der Waals surface area contributed by atoms with E-state index in [1.807, 2.05) is 41.3 Å². The number of pyridine rings is 1. The summed E-state index contributed by atoms with van der Waals surface area (Å²) in [6, 6.07) is 11.6. The lowest BCUT2D eigenvalue weighted by molar-refractivity contribution is -0.0221. The summed E-state index contributed by atoms with van der Waals surface area (Å²) in [5, 5.41) is 0. The number of nitrogens with zero attached hydrogens (tertiary/aromatic N) is 4. The van der Waals surface area contributed by atoms with E-state index < -0.39 is 16.9 Å². The second-order valence-electron chi connectivity index (χ2n) is 10.5. The van der Waals surface area contributed by atoms with Gasteiger partial charge in [-0.2, -0.15) is 0 Å². The topological polar surface area (TPSA) is 77.1 Å². The summed E-state index contributed by atoms with van der Waals surface area (Å²) in [6.07, 6.45) is 4.16. The molecule has 0 spiro atoms. The maximum Gasteiger partial charge on any atom is 0.251 e. The Labute approximate surface area is 212 Å². The van der Waals surface area contributed by atoms with E-state index in [1.54, 1.807) is 12.5 Å². The number of hydrogen-bond donors (Lipinski definition) is 2. The standard InChI is InChI=1S/C26H32F2N6OS/c1-25(2)9-12-34(17-25)22-15-18(32-36(3)35)7-8-19(22)24-29-16-21(31-24)20-5-4-6-23(30-20)33-13-10-26(27,28)11-14-33/h4-8,15-16,32H,9-14,17H2,1-3H3,(H,29,31). The third-order valence-corrected chi connectivity index (χ3v) is 7.46. The van der Waals surface area contributed by atoms with Crippen LogP contribution in [-0.4, -0.2) is 57.5 Å². The highest BCUT2D eigenvalue weighted by Gasteiger charge is 2.34. The van der Waals surface area contributed by atoms with Crippen LogP contribution in [0, 0.1) is 5.41 Å². The molecule has 2 aliphatic rings. The SMILES string of the molecule is CS(=O)Nc1ccc(-c2ncc(-c3cccc(N4CCC(F)(F)CC4)n3)[nH]2)c(N2CCC(C)(C)C2)c1. The minimum Gasteiger partial charge on any atom is -0.370 e. The molecule has 0 radical (unpaired) electrons. The van der Waals surface area contributed by atoms with Crippen LogP contribution in [0.4, 0.5) is 26.0 Å². The van der Waals surface area contributed by atoms with Crippen LogP contribution in [0.5, 0.6) is 0 Å². The molecule has 1 unspecified atom stereocenters. The average molecular weight is 515 g/mol.